The fourth-order valence-corrected chi connectivity index (χ4v) is 4.16. The van der Waals surface area contributed by atoms with E-state index < -0.39 is 0 Å². The molecule has 2 aliphatic heterocycles. The zero-order valence-electron chi connectivity index (χ0n) is 16.8. The van der Waals surface area contributed by atoms with Crippen molar-refractivity contribution in [3.05, 3.63) is 52.4 Å². The Morgan fingerprint density at radius 1 is 1.23 bits per heavy atom. The number of thioether (sulfide) groups is 1. The minimum atomic E-state index is -0.376. The predicted molar refractivity (Wildman–Crippen MR) is 117 cm³/mol. The van der Waals surface area contributed by atoms with Gasteiger partial charge < -0.3 is 10.2 Å². The molecule has 2 aliphatic rings. The molecule has 8 nitrogen and oxygen atoms in total. The Balaban J connectivity index is 1.28. The molecule has 0 unspecified atom stereocenters. The molecule has 0 radical (unpaired) electrons. The third-order valence-corrected chi connectivity index (χ3v) is 6.01. The number of piperidine rings is 1. The van der Waals surface area contributed by atoms with Crippen LogP contribution in [0.4, 0.5) is 10.7 Å². The summed E-state index contributed by atoms with van der Waals surface area (Å²) in [6.07, 6.45) is 7.35. The van der Waals surface area contributed by atoms with Crippen molar-refractivity contribution in [2.75, 3.05) is 24.5 Å². The Bertz CT molecular complexity index is 954. The number of nitrogens with one attached hydrogen (secondary N) is 2. The summed E-state index contributed by atoms with van der Waals surface area (Å²) in [7, 11) is 0. The van der Waals surface area contributed by atoms with Gasteiger partial charge in [-0.2, -0.15) is 0 Å². The number of aromatic nitrogens is 3. The van der Waals surface area contributed by atoms with Crippen LogP contribution in [0.15, 0.2) is 35.5 Å². The van der Waals surface area contributed by atoms with Gasteiger partial charge in [-0.3, -0.25) is 19.9 Å². The Morgan fingerprint density at radius 3 is 2.77 bits per heavy atom. The normalized spacial score (nSPS) is 18.8. The van der Waals surface area contributed by atoms with Crippen LogP contribution in [0.5, 0.6) is 0 Å². The summed E-state index contributed by atoms with van der Waals surface area (Å²) in [5.41, 5.74) is 2.86. The number of carbonyl (C=O) groups excluding carboxylic acids is 2. The first-order valence-electron chi connectivity index (χ1n) is 10.0. The molecule has 0 bridgehead atoms. The molecular formula is C21H24N6O2S. The van der Waals surface area contributed by atoms with Gasteiger partial charge in [0.05, 0.1) is 16.3 Å². The number of carbonyl (C=O) groups is 2. The van der Waals surface area contributed by atoms with Crippen LogP contribution in [0.2, 0.25) is 0 Å². The van der Waals surface area contributed by atoms with Gasteiger partial charge in [-0.15, -0.1) is 0 Å². The lowest BCUT2D eigenvalue weighted by molar-refractivity contribution is -0.115. The predicted octanol–water partition coefficient (Wildman–Crippen LogP) is 2.51. The van der Waals surface area contributed by atoms with Gasteiger partial charge in [0, 0.05) is 32.0 Å². The zero-order chi connectivity index (χ0) is 20.9. The van der Waals surface area contributed by atoms with Crippen molar-refractivity contribution in [2.45, 2.75) is 26.3 Å². The maximum Gasteiger partial charge on any atom is 0.290 e. The van der Waals surface area contributed by atoms with E-state index in [9.17, 15) is 9.59 Å². The number of pyridine rings is 1. The van der Waals surface area contributed by atoms with Crippen LogP contribution in [0.3, 0.4) is 0 Å². The summed E-state index contributed by atoms with van der Waals surface area (Å²) < 4.78 is 0. The van der Waals surface area contributed by atoms with Crippen LogP contribution >= 0.6 is 11.8 Å². The summed E-state index contributed by atoms with van der Waals surface area (Å²) in [5.74, 6) is 0.898. The highest BCUT2D eigenvalue weighted by molar-refractivity contribution is 8.18. The number of nitrogens with zero attached hydrogens (tertiary/aromatic N) is 4. The van der Waals surface area contributed by atoms with Crippen molar-refractivity contribution in [3.63, 3.8) is 0 Å². The molecule has 2 aromatic heterocycles. The lowest BCUT2D eigenvalue weighted by Gasteiger charge is -2.32. The highest BCUT2D eigenvalue weighted by Crippen LogP contribution is 2.26. The van der Waals surface area contributed by atoms with E-state index in [-0.39, 0.29) is 11.1 Å². The number of imide groups is 1. The number of rotatable bonds is 6. The fourth-order valence-electron chi connectivity index (χ4n) is 3.49. The van der Waals surface area contributed by atoms with Crippen molar-refractivity contribution in [2.24, 2.45) is 5.92 Å². The molecular weight excluding hydrogens is 400 g/mol. The average molecular weight is 425 g/mol. The van der Waals surface area contributed by atoms with E-state index in [0.717, 1.165) is 56.5 Å². The van der Waals surface area contributed by atoms with Crippen LogP contribution in [-0.4, -0.2) is 45.7 Å². The van der Waals surface area contributed by atoms with E-state index >= 15 is 0 Å². The first kappa shape index (κ1) is 20.5. The summed E-state index contributed by atoms with van der Waals surface area (Å²) in [4.78, 5) is 38.9. The van der Waals surface area contributed by atoms with Crippen molar-refractivity contribution in [1.82, 2.24) is 25.6 Å². The van der Waals surface area contributed by atoms with Gasteiger partial charge in [0.1, 0.15) is 0 Å². The van der Waals surface area contributed by atoms with Gasteiger partial charge in [-0.05, 0) is 67.8 Å². The van der Waals surface area contributed by atoms with Crippen molar-refractivity contribution in [1.29, 1.82) is 0 Å². The maximum atomic E-state index is 11.7. The Morgan fingerprint density at radius 2 is 2.07 bits per heavy atom. The number of anilines is 1. The highest BCUT2D eigenvalue weighted by atomic mass is 32.2. The summed E-state index contributed by atoms with van der Waals surface area (Å²) in [6.45, 7) is 5.58. The first-order valence-corrected chi connectivity index (χ1v) is 10.8. The van der Waals surface area contributed by atoms with Gasteiger partial charge in [0.15, 0.2) is 0 Å². The van der Waals surface area contributed by atoms with Crippen molar-refractivity contribution >= 4 is 34.9 Å². The summed E-state index contributed by atoms with van der Waals surface area (Å²) in [6, 6.07) is 5.89. The van der Waals surface area contributed by atoms with Crippen LogP contribution in [0.1, 0.15) is 29.8 Å². The smallest absolute Gasteiger partial charge is 0.290 e. The minimum absolute atomic E-state index is 0.352. The SMILES string of the molecule is Cc1ccc(CNCC2CCN(c3nccc(C=C4SC(=O)NC4=O)n3)CC2)nc1. The van der Waals surface area contributed by atoms with Gasteiger partial charge in [0.25, 0.3) is 11.1 Å². The molecule has 0 aliphatic carbocycles. The second kappa shape index (κ2) is 9.36. The van der Waals surface area contributed by atoms with E-state index in [2.05, 4.69) is 42.6 Å². The topological polar surface area (TPSA) is 100 Å². The number of hydrogen-bond donors (Lipinski definition) is 2. The Kier molecular flexibility index (Phi) is 6.39. The Labute approximate surface area is 179 Å². The third-order valence-electron chi connectivity index (χ3n) is 5.19. The molecule has 156 valence electrons. The van der Waals surface area contributed by atoms with E-state index in [0.29, 0.717) is 22.5 Å². The van der Waals surface area contributed by atoms with Crippen LogP contribution in [0, 0.1) is 12.8 Å². The molecule has 30 heavy (non-hydrogen) atoms. The molecule has 0 spiro atoms. The van der Waals surface area contributed by atoms with Crippen LogP contribution in [0.25, 0.3) is 6.08 Å². The van der Waals surface area contributed by atoms with E-state index in [1.165, 1.54) is 5.56 Å². The zero-order valence-corrected chi connectivity index (χ0v) is 17.6. The molecule has 2 N–H and O–H groups in total. The quantitative estimate of drug-likeness (QED) is 0.683. The second-order valence-corrected chi connectivity index (χ2v) is 8.54. The summed E-state index contributed by atoms with van der Waals surface area (Å²) >= 11 is 0.893. The van der Waals surface area contributed by atoms with Gasteiger partial charge in [0.2, 0.25) is 5.95 Å². The molecule has 2 amide bonds. The van der Waals surface area contributed by atoms with E-state index in [4.69, 9.17) is 0 Å². The lowest BCUT2D eigenvalue weighted by atomic mass is 9.97. The molecule has 2 aromatic rings. The van der Waals surface area contributed by atoms with Gasteiger partial charge in [-0.1, -0.05) is 6.07 Å². The standard InChI is InChI=1S/C21H24N6O2S/c1-14-2-3-17(24-11-14)13-22-12-15-5-8-27(9-6-15)20-23-7-4-16(25-20)10-18-19(28)26-21(29)30-18/h2-4,7,10-11,15,22H,5-6,8-9,12-13H2,1H3,(H,26,28,29). The van der Waals surface area contributed by atoms with E-state index in [1.54, 1.807) is 18.3 Å². The molecule has 2 fully saturated rings. The average Bonchev–Trinajstić information content (AvgIpc) is 3.07. The monoisotopic (exact) mass is 424 g/mol. The fraction of sp³-hybridized carbons (Fsp3) is 0.381. The molecule has 0 aromatic carbocycles. The van der Waals surface area contributed by atoms with Crippen LogP contribution in [-0.2, 0) is 11.3 Å². The molecule has 0 saturated carbocycles. The molecule has 0 atom stereocenters. The highest BCUT2D eigenvalue weighted by Gasteiger charge is 2.25. The van der Waals surface area contributed by atoms with Crippen molar-refractivity contribution in [3.8, 4) is 0 Å². The lowest BCUT2D eigenvalue weighted by Crippen LogP contribution is -2.38. The molecule has 4 heterocycles. The van der Waals surface area contributed by atoms with E-state index in [1.807, 2.05) is 13.1 Å². The first-order chi connectivity index (χ1) is 14.6. The molecule has 9 heteroatoms. The minimum Gasteiger partial charge on any atom is -0.341 e. The summed E-state index contributed by atoms with van der Waals surface area (Å²) in [5, 5.41) is 5.42. The third kappa shape index (κ3) is 5.22. The molecule has 4 rings (SSSR count). The Hall–Kier alpha value is -2.78. The van der Waals surface area contributed by atoms with Crippen LogP contribution < -0.4 is 15.5 Å². The van der Waals surface area contributed by atoms with Gasteiger partial charge in [-0.25, -0.2) is 9.97 Å². The van der Waals surface area contributed by atoms with Crippen molar-refractivity contribution < 1.29 is 9.59 Å². The number of hydrogen-bond acceptors (Lipinski definition) is 8. The maximum absolute atomic E-state index is 11.7. The largest absolute Gasteiger partial charge is 0.341 e. The number of aryl methyl sites for hydroxylation is 1. The molecule has 2 saturated heterocycles. The second-order valence-electron chi connectivity index (χ2n) is 7.52. The van der Waals surface area contributed by atoms with Gasteiger partial charge >= 0.3 is 0 Å². The number of amides is 2.